The quantitative estimate of drug-likeness (QED) is 0.517. The molecule has 2 aromatic carbocycles. The number of hydrogen-bond acceptors (Lipinski definition) is 2. The third-order valence-electron chi connectivity index (χ3n) is 5.18. The summed E-state index contributed by atoms with van der Waals surface area (Å²) in [4.78, 5) is 0. The summed E-state index contributed by atoms with van der Waals surface area (Å²) in [6.45, 7) is 4.32. The molecule has 25 heavy (non-hydrogen) atoms. The highest BCUT2D eigenvalue weighted by Crippen LogP contribution is 2.70. The van der Waals surface area contributed by atoms with Crippen LogP contribution in [0.15, 0.2) is 70.1 Å². The minimum Gasteiger partial charge on any atom is -0.484 e. The monoisotopic (exact) mass is 459 g/mol. The van der Waals surface area contributed by atoms with E-state index in [9.17, 15) is 5.26 Å². The molecule has 3 rings (SSSR count). The van der Waals surface area contributed by atoms with Crippen molar-refractivity contribution in [3.63, 3.8) is 0 Å². The molecule has 0 saturated heterocycles. The van der Waals surface area contributed by atoms with E-state index in [1.807, 2.05) is 60.7 Å². The highest BCUT2D eigenvalue weighted by atomic mass is 79.9. The number of para-hydroxylation sites is 1. The lowest BCUT2D eigenvalue weighted by molar-refractivity contribution is 0.119. The van der Waals surface area contributed by atoms with Gasteiger partial charge in [-0.05, 0) is 49.6 Å². The standard InChI is InChI=1S/C21H19Br2NO/c1-20(2)18(13-19(22)23)21(20,25-16-11-7-4-8-12-16)17(14-24)15-9-5-3-6-10-15/h3-13,17-18H,1-2H3/t17?,18-,21+/m1/s1. The van der Waals surface area contributed by atoms with E-state index < -0.39 is 5.60 Å². The smallest absolute Gasteiger partial charge is 0.141 e. The van der Waals surface area contributed by atoms with E-state index in [4.69, 9.17) is 4.74 Å². The Labute approximate surface area is 165 Å². The van der Waals surface area contributed by atoms with Crippen molar-refractivity contribution in [1.29, 1.82) is 5.26 Å². The number of benzene rings is 2. The lowest BCUT2D eigenvalue weighted by Crippen LogP contribution is -2.33. The van der Waals surface area contributed by atoms with Crippen LogP contribution in [0.25, 0.3) is 0 Å². The number of ether oxygens (including phenoxy) is 1. The molecule has 3 atom stereocenters. The van der Waals surface area contributed by atoms with Gasteiger partial charge in [0.1, 0.15) is 17.3 Å². The van der Waals surface area contributed by atoms with E-state index in [0.717, 1.165) is 14.7 Å². The predicted octanol–water partition coefficient (Wildman–Crippen LogP) is 6.40. The first kappa shape index (κ1) is 18.2. The third-order valence-corrected chi connectivity index (χ3v) is 5.71. The molecular weight excluding hydrogens is 442 g/mol. The van der Waals surface area contributed by atoms with Crippen molar-refractivity contribution in [2.75, 3.05) is 0 Å². The molecular formula is C21H19Br2NO. The minimum absolute atomic E-state index is 0.0961. The number of nitrogens with zero attached hydrogens (tertiary/aromatic N) is 1. The Balaban J connectivity index is 2.10. The Kier molecular flexibility index (Phi) is 5.09. The van der Waals surface area contributed by atoms with Gasteiger partial charge in [-0.1, -0.05) is 68.5 Å². The van der Waals surface area contributed by atoms with Gasteiger partial charge in [-0.3, -0.25) is 0 Å². The van der Waals surface area contributed by atoms with E-state index in [2.05, 4.69) is 57.9 Å². The SMILES string of the molecule is CC1(C)[C@@H](C=C(Br)Br)[C@@]1(Oc1ccccc1)C(C#N)c1ccccc1. The van der Waals surface area contributed by atoms with Gasteiger partial charge in [0.15, 0.2) is 0 Å². The Bertz CT molecular complexity index is 807. The number of halogens is 2. The van der Waals surface area contributed by atoms with Crippen molar-refractivity contribution in [3.05, 3.63) is 75.7 Å². The van der Waals surface area contributed by atoms with E-state index in [1.165, 1.54) is 0 Å². The molecule has 0 aromatic heterocycles. The predicted molar refractivity (Wildman–Crippen MR) is 108 cm³/mol. The highest BCUT2D eigenvalue weighted by molar-refractivity contribution is 9.28. The Hall–Kier alpha value is -1.57. The minimum atomic E-state index is -0.628. The van der Waals surface area contributed by atoms with Gasteiger partial charge in [0.2, 0.25) is 0 Å². The summed E-state index contributed by atoms with van der Waals surface area (Å²) in [7, 11) is 0. The van der Waals surface area contributed by atoms with Crippen molar-refractivity contribution in [3.8, 4) is 11.8 Å². The summed E-state index contributed by atoms with van der Waals surface area (Å²) < 4.78 is 7.42. The molecule has 0 heterocycles. The summed E-state index contributed by atoms with van der Waals surface area (Å²) in [6.07, 6.45) is 2.09. The first-order valence-electron chi connectivity index (χ1n) is 8.15. The van der Waals surface area contributed by atoms with Gasteiger partial charge in [0.05, 0.1) is 9.46 Å². The molecule has 0 radical (unpaired) electrons. The fourth-order valence-corrected chi connectivity index (χ4v) is 4.34. The van der Waals surface area contributed by atoms with Gasteiger partial charge >= 0.3 is 0 Å². The van der Waals surface area contributed by atoms with Crippen LogP contribution in [0.1, 0.15) is 25.3 Å². The summed E-state index contributed by atoms with van der Waals surface area (Å²) in [5.41, 5.74) is 0.166. The number of hydrogen-bond donors (Lipinski definition) is 0. The van der Waals surface area contributed by atoms with E-state index in [0.29, 0.717) is 0 Å². The van der Waals surface area contributed by atoms with E-state index >= 15 is 0 Å². The molecule has 4 heteroatoms. The molecule has 0 amide bonds. The largest absolute Gasteiger partial charge is 0.484 e. The molecule has 0 bridgehead atoms. The summed E-state index contributed by atoms with van der Waals surface area (Å²) in [5.74, 6) is 0.511. The van der Waals surface area contributed by atoms with Gasteiger partial charge in [-0.2, -0.15) is 5.26 Å². The normalized spacial score (nSPS) is 24.7. The van der Waals surface area contributed by atoms with Gasteiger partial charge in [0, 0.05) is 11.3 Å². The first-order chi connectivity index (χ1) is 11.9. The van der Waals surface area contributed by atoms with Crippen LogP contribution in [0.3, 0.4) is 0 Å². The lowest BCUT2D eigenvalue weighted by Gasteiger charge is -2.28. The van der Waals surface area contributed by atoms with Crippen LogP contribution < -0.4 is 4.74 Å². The van der Waals surface area contributed by atoms with Gasteiger partial charge in [-0.15, -0.1) is 0 Å². The van der Waals surface area contributed by atoms with Gasteiger partial charge in [0.25, 0.3) is 0 Å². The van der Waals surface area contributed by atoms with E-state index in [1.54, 1.807) is 0 Å². The first-order valence-corrected chi connectivity index (χ1v) is 9.73. The molecule has 2 nitrogen and oxygen atoms in total. The second kappa shape index (κ2) is 6.97. The van der Waals surface area contributed by atoms with Crippen molar-refractivity contribution in [2.45, 2.75) is 25.4 Å². The Morgan fingerprint density at radius 2 is 1.64 bits per heavy atom. The number of rotatable bonds is 5. The second-order valence-electron chi connectivity index (χ2n) is 6.84. The van der Waals surface area contributed by atoms with Crippen molar-refractivity contribution in [1.82, 2.24) is 0 Å². The lowest BCUT2D eigenvalue weighted by atomic mass is 9.87. The summed E-state index contributed by atoms with van der Waals surface area (Å²) >= 11 is 6.94. The molecule has 1 unspecified atom stereocenters. The maximum absolute atomic E-state index is 10.0. The molecule has 1 saturated carbocycles. The maximum Gasteiger partial charge on any atom is 0.141 e. The zero-order chi connectivity index (χ0) is 18.1. The van der Waals surface area contributed by atoms with Crippen LogP contribution in [-0.4, -0.2) is 5.60 Å². The van der Waals surface area contributed by atoms with Gasteiger partial charge < -0.3 is 4.74 Å². The average molecular weight is 461 g/mol. The fourth-order valence-electron chi connectivity index (χ4n) is 3.81. The molecule has 1 fully saturated rings. The zero-order valence-corrected chi connectivity index (χ0v) is 17.3. The molecule has 1 aliphatic rings. The fraction of sp³-hybridized carbons (Fsp3) is 0.286. The molecule has 0 aliphatic heterocycles. The van der Waals surface area contributed by atoms with Crippen molar-refractivity contribution < 1.29 is 4.74 Å². The molecule has 128 valence electrons. The summed E-state index contributed by atoms with van der Waals surface area (Å²) in [6, 6.07) is 22.2. The van der Waals surface area contributed by atoms with Crippen LogP contribution in [0.2, 0.25) is 0 Å². The topological polar surface area (TPSA) is 33.0 Å². The Morgan fingerprint density at radius 3 is 2.16 bits per heavy atom. The van der Waals surface area contributed by atoms with Gasteiger partial charge in [-0.25, -0.2) is 0 Å². The molecule has 0 spiro atoms. The van der Waals surface area contributed by atoms with Crippen LogP contribution >= 0.6 is 31.9 Å². The van der Waals surface area contributed by atoms with Crippen molar-refractivity contribution in [2.24, 2.45) is 11.3 Å². The molecule has 0 N–H and O–H groups in total. The van der Waals surface area contributed by atoms with E-state index in [-0.39, 0.29) is 17.3 Å². The average Bonchev–Trinajstić information content (AvgIpc) is 3.04. The summed E-state index contributed by atoms with van der Waals surface area (Å²) in [5, 5.41) is 10.0. The molecule has 1 aliphatic carbocycles. The highest BCUT2D eigenvalue weighted by Gasteiger charge is 2.76. The Morgan fingerprint density at radius 1 is 1.08 bits per heavy atom. The van der Waals surface area contributed by atoms with Crippen LogP contribution in [-0.2, 0) is 0 Å². The molecule has 2 aromatic rings. The zero-order valence-electron chi connectivity index (χ0n) is 14.1. The van der Waals surface area contributed by atoms with Crippen LogP contribution in [0.4, 0.5) is 0 Å². The maximum atomic E-state index is 10.0. The van der Waals surface area contributed by atoms with Crippen LogP contribution in [0.5, 0.6) is 5.75 Å². The number of nitriles is 1. The van der Waals surface area contributed by atoms with Crippen molar-refractivity contribution >= 4 is 31.9 Å². The third kappa shape index (κ3) is 3.16. The second-order valence-corrected chi connectivity index (χ2v) is 9.61. The van der Waals surface area contributed by atoms with Crippen LogP contribution in [0, 0.1) is 22.7 Å².